The zero-order valence-corrected chi connectivity index (χ0v) is 16.5. The van der Waals surface area contributed by atoms with Crippen molar-refractivity contribution < 1.29 is 0 Å². The highest BCUT2D eigenvalue weighted by atomic mass is 15.3. The summed E-state index contributed by atoms with van der Waals surface area (Å²) in [6.45, 7) is 0. The molecule has 1 aromatic carbocycles. The van der Waals surface area contributed by atoms with Crippen molar-refractivity contribution in [3.63, 3.8) is 0 Å². The molecule has 146 valence electrons. The number of fused-ring (bicyclic) bond motifs is 3. The van der Waals surface area contributed by atoms with Gasteiger partial charge in [-0.2, -0.15) is 4.98 Å². The number of nitrogens with zero attached hydrogens (tertiary/aromatic N) is 7. The van der Waals surface area contributed by atoms with Crippen molar-refractivity contribution in [2.24, 2.45) is 0 Å². The summed E-state index contributed by atoms with van der Waals surface area (Å²) >= 11 is 0. The first-order chi connectivity index (χ1) is 14.8. The van der Waals surface area contributed by atoms with Gasteiger partial charge in [0.25, 0.3) is 5.78 Å². The lowest BCUT2D eigenvalue weighted by Gasteiger charge is -2.21. The van der Waals surface area contributed by atoms with Gasteiger partial charge >= 0.3 is 0 Å². The zero-order valence-electron chi connectivity index (χ0n) is 16.5. The highest BCUT2D eigenvalue weighted by Gasteiger charge is 2.24. The molecule has 0 N–H and O–H groups in total. The van der Waals surface area contributed by atoms with Crippen LogP contribution in [0.5, 0.6) is 0 Å². The number of benzene rings is 1. The highest BCUT2D eigenvalue weighted by Crippen LogP contribution is 2.39. The maximum absolute atomic E-state index is 4.76. The van der Waals surface area contributed by atoms with Crippen LogP contribution >= 0.6 is 0 Å². The highest BCUT2D eigenvalue weighted by molar-refractivity contribution is 5.93. The lowest BCUT2D eigenvalue weighted by Crippen LogP contribution is -2.13. The van der Waals surface area contributed by atoms with Crippen molar-refractivity contribution in [2.45, 2.75) is 18.8 Å². The molecule has 0 atom stereocenters. The molecule has 0 bridgehead atoms. The summed E-state index contributed by atoms with van der Waals surface area (Å²) in [5, 5.41) is 9.12. The normalized spacial score (nSPS) is 13.8. The van der Waals surface area contributed by atoms with E-state index >= 15 is 0 Å². The first-order valence-electron chi connectivity index (χ1n) is 10.0. The molecule has 7 nitrogen and oxygen atoms in total. The van der Waals surface area contributed by atoms with E-state index in [1.165, 1.54) is 18.5 Å². The molecule has 4 aromatic heterocycles. The lowest BCUT2D eigenvalue weighted by atomic mass is 10.1. The minimum atomic E-state index is 0.549. The topological polar surface area (TPSA) is 72.1 Å². The summed E-state index contributed by atoms with van der Waals surface area (Å²) in [4.78, 5) is 15.8. The second-order valence-corrected chi connectivity index (χ2v) is 7.68. The van der Waals surface area contributed by atoms with Gasteiger partial charge in [0.1, 0.15) is 12.1 Å². The van der Waals surface area contributed by atoms with Crippen LogP contribution in [0.3, 0.4) is 0 Å². The Morgan fingerprint density at radius 3 is 2.80 bits per heavy atom. The molecule has 1 fully saturated rings. The Hall–Kier alpha value is -3.87. The van der Waals surface area contributed by atoms with Crippen molar-refractivity contribution in [3.05, 3.63) is 73.1 Å². The minimum Gasteiger partial charge on any atom is -0.329 e. The molecule has 0 saturated heterocycles. The van der Waals surface area contributed by atoms with E-state index in [2.05, 4.69) is 61.5 Å². The molecule has 0 radical (unpaired) electrons. The predicted molar refractivity (Wildman–Crippen MR) is 116 cm³/mol. The van der Waals surface area contributed by atoms with E-state index in [0.717, 1.165) is 33.5 Å². The van der Waals surface area contributed by atoms with Crippen LogP contribution in [0.2, 0.25) is 0 Å². The molecule has 0 unspecified atom stereocenters. The fourth-order valence-electron chi connectivity index (χ4n) is 3.87. The summed E-state index contributed by atoms with van der Waals surface area (Å²) in [5.41, 5.74) is 5.41. The smallest absolute Gasteiger partial charge is 0.257 e. The van der Waals surface area contributed by atoms with Crippen LogP contribution in [0.15, 0.2) is 67.4 Å². The number of aromatic nitrogens is 6. The Morgan fingerprint density at radius 1 is 1.03 bits per heavy atom. The van der Waals surface area contributed by atoms with Gasteiger partial charge in [-0.1, -0.05) is 18.2 Å². The van der Waals surface area contributed by atoms with Gasteiger partial charge in [-0.15, -0.1) is 10.2 Å². The molecule has 30 heavy (non-hydrogen) atoms. The molecule has 6 rings (SSSR count). The zero-order chi connectivity index (χ0) is 20.1. The summed E-state index contributed by atoms with van der Waals surface area (Å²) in [6, 6.07) is 14.7. The minimum absolute atomic E-state index is 0.549. The van der Waals surface area contributed by atoms with Crippen LogP contribution in [0, 0.1) is 0 Å². The van der Waals surface area contributed by atoms with E-state index in [4.69, 9.17) is 4.98 Å². The predicted octanol–water partition coefficient (Wildman–Crippen LogP) is 4.38. The molecular formula is C23H19N7. The number of hydrogen-bond donors (Lipinski definition) is 0. The Kier molecular flexibility index (Phi) is 3.74. The van der Waals surface area contributed by atoms with Crippen molar-refractivity contribution in [1.29, 1.82) is 0 Å². The average Bonchev–Trinajstić information content (AvgIpc) is 3.55. The van der Waals surface area contributed by atoms with Crippen LogP contribution in [0.25, 0.3) is 27.8 Å². The first kappa shape index (κ1) is 17.0. The van der Waals surface area contributed by atoms with E-state index in [1.807, 2.05) is 29.9 Å². The maximum Gasteiger partial charge on any atom is 0.257 e. The third-order valence-corrected chi connectivity index (χ3v) is 5.70. The Bertz CT molecular complexity index is 1370. The summed E-state index contributed by atoms with van der Waals surface area (Å²) < 4.78 is 1.85. The number of rotatable bonds is 4. The van der Waals surface area contributed by atoms with Crippen molar-refractivity contribution >= 4 is 28.2 Å². The van der Waals surface area contributed by atoms with Crippen LogP contribution in [-0.4, -0.2) is 36.6 Å². The van der Waals surface area contributed by atoms with Crippen LogP contribution in [-0.2, 0) is 0 Å². The Morgan fingerprint density at radius 2 is 1.97 bits per heavy atom. The van der Waals surface area contributed by atoms with Gasteiger partial charge in [0.2, 0.25) is 0 Å². The molecular weight excluding hydrogens is 374 g/mol. The van der Waals surface area contributed by atoms with Crippen LogP contribution in [0.4, 0.5) is 11.5 Å². The van der Waals surface area contributed by atoms with Gasteiger partial charge < -0.3 is 4.90 Å². The first-order valence-corrected chi connectivity index (χ1v) is 10.0. The fourth-order valence-corrected chi connectivity index (χ4v) is 3.87. The number of anilines is 2. The van der Waals surface area contributed by atoms with Crippen molar-refractivity contribution in [3.8, 4) is 11.1 Å². The standard InChI is InChI=1S/C23H19N7/c1-29(22-19-9-10-24-13-21(19)30-14-26-28-23(30)27-22)18-4-2-3-16(11-18)17-7-8-20(25-12-17)15-5-6-15/h2-4,7-15H,5-6H2,1H3. The monoisotopic (exact) mass is 393 g/mol. The van der Waals surface area contributed by atoms with E-state index in [-0.39, 0.29) is 0 Å². The average molecular weight is 393 g/mol. The molecule has 0 amide bonds. The maximum atomic E-state index is 4.76. The van der Waals surface area contributed by atoms with E-state index in [1.54, 1.807) is 12.5 Å². The third kappa shape index (κ3) is 2.78. The largest absolute Gasteiger partial charge is 0.329 e. The summed E-state index contributed by atoms with van der Waals surface area (Å²) in [6.07, 6.45) is 9.76. The van der Waals surface area contributed by atoms with Gasteiger partial charge in [-0.3, -0.25) is 14.4 Å². The van der Waals surface area contributed by atoms with E-state index in [9.17, 15) is 0 Å². The van der Waals surface area contributed by atoms with Crippen molar-refractivity contribution in [1.82, 2.24) is 29.5 Å². The third-order valence-electron chi connectivity index (χ3n) is 5.70. The summed E-state index contributed by atoms with van der Waals surface area (Å²) in [5.74, 6) is 2.03. The Balaban J connectivity index is 1.42. The van der Waals surface area contributed by atoms with Gasteiger partial charge in [-0.05, 0) is 42.7 Å². The molecule has 0 aliphatic heterocycles. The van der Waals surface area contributed by atoms with Crippen LogP contribution < -0.4 is 4.90 Å². The summed E-state index contributed by atoms with van der Waals surface area (Å²) in [7, 11) is 2.02. The second kappa shape index (κ2) is 6.59. The van der Waals surface area contributed by atoms with Crippen LogP contribution in [0.1, 0.15) is 24.5 Å². The lowest BCUT2D eigenvalue weighted by molar-refractivity contribution is 1.02. The molecule has 7 heteroatoms. The van der Waals surface area contributed by atoms with Crippen molar-refractivity contribution in [2.75, 3.05) is 11.9 Å². The molecule has 5 aromatic rings. The van der Waals surface area contributed by atoms with E-state index < -0.39 is 0 Å². The Labute approximate surface area is 173 Å². The SMILES string of the molecule is CN(c1cccc(-c2ccc(C3CC3)nc2)c1)c1nc2nncn2c2cnccc12. The van der Waals surface area contributed by atoms with Gasteiger partial charge in [0.05, 0.1) is 11.7 Å². The van der Waals surface area contributed by atoms with Gasteiger partial charge in [-0.25, -0.2) is 0 Å². The molecule has 4 heterocycles. The number of hydrogen-bond acceptors (Lipinski definition) is 6. The second-order valence-electron chi connectivity index (χ2n) is 7.68. The fraction of sp³-hybridized carbons (Fsp3) is 0.174. The number of pyridine rings is 2. The molecule has 1 saturated carbocycles. The van der Waals surface area contributed by atoms with Gasteiger partial charge in [0.15, 0.2) is 0 Å². The molecule has 0 spiro atoms. The van der Waals surface area contributed by atoms with Gasteiger partial charge in [0, 0.05) is 47.7 Å². The van der Waals surface area contributed by atoms with E-state index in [0.29, 0.717) is 11.7 Å². The molecule has 1 aliphatic carbocycles. The molecule has 1 aliphatic rings. The quantitative estimate of drug-likeness (QED) is 0.451.